The van der Waals surface area contributed by atoms with Crippen LogP contribution in [0.3, 0.4) is 0 Å². The average Bonchev–Trinajstić information content (AvgIpc) is 3.24. The largest absolute Gasteiger partial charge is 0.480 e. The van der Waals surface area contributed by atoms with Gasteiger partial charge in [0, 0.05) is 37.5 Å². The van der Waals surface area contributed by atoms with E-state index in [4.69, 9.17) is 4.74 Å². The Morgan fingerprint density at radius 3 is 2.61 bits per heavy atom. The Labute approximate surface area is 160 Å². The lowest BCUT2D eigenvalue weighted by atomic mass is 9.34. The highest BCUT2D eigenvalue weighted by molar-refractivity contribution is 5.88. The molecule has 1 aromatic heterocycles. The van der Waals surface area contributed by atoms with Crippen LogP contribution in [0.1, 0.15) is 37.3 Å². The summed E-state index contributed by atoms with van der Waals surface area (Å²) in [6.07, 6.45) is 6.35. The van der Waals surface area contributed by atoms with Crippen molar-refractivity contribution in [1.29, 1.82) is 0 Å². The second kappa shape index (κ2) is 5.86. The third kappa shape index (κ3) is 2.54. The van der Waals surface area contributed by atoms with Gasteiger partial charge in [0.25, 0.3) is 0 Å². The summed E-state index contributed by atoms with van der Waals surface area (Å²) in [5, 5.41) is 9.99. The van der Waals surface area contributed by atoms with Crippen molar-refractivity contribution in [3.05, 3.63) is 47.7 Å². The Bertz CT molecular complexity index is 946. The lowest BCUT2D eigenvalue weighted by Gasteiger charge is -2.69. The number of benzene rings is 1. The van der Waals surface area contributed by atoms with Crippen LogP contribution in [-0.4, -0.2) is 34.0 Å². The molecule has 1 unspecified atom stereocenters. The molecule has 1 aliphatic heterocycles. The van der Waals surface area contributed by atoms with Crippen LogP contribution in [0.5, 0.6) is 5.88 Å². The van der Waals surface area contributed by atoms with E-state index in [0.717, 1.165) is 31.9 Å². The standard InChI is InChI=1S/C20H20F2N4O2/c1-28-17-3-5-25(24-17)12-19-9-20(10-19,11-19)18(27)26-16(2-4-23-26)13-6-14(21)8-15(22)7-13/h3-8,16H,2,9-12H2,1H3. The van der Waals surface area contributed by atoms with Crippen molar-refractivity contribution in [2.45, 2.75) is 38.3 Å². The minimum absolute atomic E-state index is 0.0455. The zero-order valence-electron chi connectivity index (χ0n) is 15.4. The van der Waals surface area contributed by atoms with E-state index in [1.807, 2.05) is 16.9 Å². The second-order valence-corrected chi connectivity index (χ2v) is 8.27. The van der Waals surface area contributed by atoms with Gasteiger partial charge in [-0.25, -0.2) is 13.8 Å². The lowest BCUT2D eigenvalue weighted by molar-refractivity contribution is -0.223. The molecule has 3 saturated carbocycles. The number of halogens is 2. The summed E-state index contributed by atoms with van der Waals surface area (Å²) in [5.74, 6) is -0.758. The van der Waals surface area contributed by atoms with Crippen molar-refractivity contribution in [3.8, 4) is 5.88 Å². The molecule has 3 fully saturated rings. The summed E-state index contributed by atoms with van der Waals surface area (Å²) in [7, 11) is 1.58. The van der Waals surface area contributed by atoms with Gasteiger partial charge in [0.1, 0.15) is 11.6 Å². The molecule has 0 radical (unpaired) electrons. The fraction of sp³-hybridized carbons (Fsp3) is 0.450. The smallest absolute Gasteiger partial charge is 0.249 e. The molecule has 2 heterocycles. The van der Waals surface area contributed by atoms with Gasteiger partial charge in [-0.3, -0.25) is 9.48 Å². The van der Waals surface area contributed by atoms with Gasteiger partial charge in [0.15, 0.2) is 0 Å². The number of hydrogen-bond donors (Lipinski definition) is 0. The van der Waals surface area contributed by atoms with Crippen molar-refractivity contribution in [2.24, 2.45) is 15.9 Å². The topological polar surface area (TPSA) is 59.7 Å². The van der Waals surface area contributed by atoms with Gasteiger partial charge in [-0.05, 0) is 42.4 Å². The van der Waals surface area contributed by atoms with Gasteiger partial charge in [-0.1, -0.05) is 0 Å². The van der Waals surface area contributed by atoms with Crippen molar-refractivity contribution >= 4 is 12.1 Å². The van der Waals surface area contributed by atoms with Gasteiger partial charge in [-0.2, -0.15) is 5.10 Å². The summed E-state index contributed by atoms with van der Waals surface area (Å²) in [6.45, 7) is 0.757. The Morgan fingerprint density at radius 2 is 1.96 bits per heavy atom. The third-order valence-corrected chi connectivity index (χ3v) is 6.22. The highest BCUT2D eigenvalue weighted by Crippen LogP contribution is 2.74. The van der Waals surface area contributed by atoms with Gasteiger partial charge in [0.2, 0.25) is 11.8 Å². The molecule has 28 heavy (non-hydrogen) atoms. The fourth-order valence-electron chi connectivity index (χ4n) is 5.17. The summed E-state index contributed by atoms with van der Waals surface area (Å²) < 4.78 is 34.2. The molecular weight excluding hydrogens is 366 g/mol. The van der Waals surface area contributed by atoms with Crippen LogP contribution in [0.15, 0.2) is 35.6 Å². The van der Waals surface area contributed by atoms with Gasteiger partial charge in [-0.15, -0.1) is 5.10 Å². The molecule has 6 rings (SSSR count). The maximum Gasteiger partial charge on any atom is 0.249 e. The molecule has 0 saturated heterocycles. The first-order valence-corrected chi connectivity index (χ1v) is 9.32. The second-order valence-electron chi connectivity index (χ2n) is 8.27. The maximum absolute atomic E-state index is 13.6. The van der Waals surface area contributed by atoms with Gasteiger partial charge < -0.3 is 4.74 Å². The van der Waals surface area contributed by atoms with E-state index >= 15 is 0 Å². The van der Waals surface area contributed by atoms with E-state index < -0.39 is 23.1 Å². The molecule has 6 nitrogen and oxygen atoms in total. The minimum Gasteiger partial charge on any atom is -0.480 e. The predicted octanol–water partition coefficient (Wildman–Crippen LogP) is 3.30. The molecule has 1 aromatic carbocycles. The number of hydrogen-bond acceptors (Lipinski definition) is 4. The number of nitrogens with zero attached hydrogens (tertiary/aromatic N) is 4. The molecule has 1 amide bonds. The highest BCUT2D eigenvalue weighted by Gasteiger charge is 2.72. The molecule has 1 atom stereocenters. The fourth-order valence-corrected chi connectivity index (χ4v) is 5.17. The molecule has 0 spiro atoms. The highest BCUT2D eigenvalue weighted by atomic mass is 19.1. The monoisotopic (exact) mass is 386 g/mol. The first kappa shape index (κ1) is 17.3. The van der Waals surface area contributed by atoms with E-state index in [-0.39, 0.29) is 11.3 Å². The van der Waals surface area contributed by atoms with Crippen LogP contribution in [0.4, 0.5) is 8.78 Å². The summed E-state index contributed by atoms with van der Waals surface area (Å²) in [4.78, 5) is 13.2. The SMILES string of the molecule is COc1ccn(CC23CC(C(=O)N4N=CCC4c4cc(F)cc(F)c4)(C2)C3)n1. The predicted molar refractivity (Wildman–Crippen MR) is 96.6 cm³/mol. The van der Waals surface area contributed by atoms with Crippen LogP contribution in [0, 0.1) is 22.5 Å². The summed E-state index contributed by atoms with van der Waals surface area (Å²) >= 11 is 0. The zero-order valence-corrected chi connectivity index (χ0v) is 15.4. The average molecular weight is 386 g/mol. The van der Waals surface area contributed by atoms with Crippen molar-refractivity contribution in [2.75, 3.05) is 7.11 Å². The molecule has 2 aromatic rings. The van der Waals surface area contributed by atoms with Crippen molar-refractivity contribution < 1.29 is 18.3 Å². The van der Waals surface area contributed by atoms with E-state index in [1.54, 1.807) is 13.3 Å². The summed E-state index contributed by atoms with van der Waals surface area (Å²) in [5.41, 5.74) is 0.132. The van der Waals surface area contributed by atoms with Crippen LogP contribution < -0.4 is 4.74 Å². The molecule has 0 N–H and O–H groups in total. The number of carbonyl (C=O) groups is 1. The number of amides is 1. The number of methoxy groups -OCH3 is 1. The molecule has 2 bridgehead atoms. The number of rotatable bonds is 5. The molecule has 3 aliphatic carbocycles. The van der Waals surface area contributed by atoms with Crippen LogP contribution in [0.2, 0.25) is 0 Å². The van der Waals surface area contributed by atoms with E-state index in [9.17, 15) is 13.6 Å². The van der Waals surface area contributed by atoms with Crippen LogP contribution in [-0.2, 0) is 11.3 Å². The molecular formula is C20H20F2N4O2. The Hall–Kier alpha value is -2.77. The Balaban J connectivity index is 1.28. The van der Waals surface area contributed by atoms with E-state index in [1.165, 1.54) is 17.1 Å². The number of carbonyl (C=O) groups excluding carboxylic acids is 1. The molecule has 146 valence electrons. The Morgan fingerprint density at radius 1 is 1.25 bits per heavy atom. The normalized spacial score (nSPS) is 30.1. The minimum atomic E-state index is -0.645. The zero-order chi connectivity index (χ0) is 19.5. The third-order valence-electron chi connectivity index (χ3n) is 6.22. The number of aromatic nitrogens is 2. The Kier molecular flexibility index (Phi) is 3.63. The van der Waals surface area contributed by atoms with Crippen LogP contribution >= 0.6 is 0 Å². The van der Waals surface area contributed by atoms with Crippen LogP contribution in [0.25, 0.3) is 0 Å². The lowest BCUT2D eigenvalue weighted by Crippen LogP contribution is -2.68. The van der Waals surface area contributed by atoms with E-state index in [0.29, 0.717) is 17.9 Å². The first-order valence-electron chi connectivity index (χ1n) is 9.32. The quantitative estimate of drug-likeness (QED) is 0.792. The van der Waals surface area contributed by atoms with Gasteiger partial charge >= 0.3 is 0 Å². The molecule has 4 aliphatic rings. The number of ether oxygens (including phenoxy) is 1. The first-order chi connectivity index (χ1) is 13.4. The van der Waals surface area contributed by atoms with E-state index in [2.05, 4.69) is 10.2 Å². The number of hydrazone groups is 1. The van der Waals surface area contributed by atoms with Gasteiger partial charge in [0.05, 0.1) is 18.6 Å². The van der Waals surface area contributed by atoms with Crippen molar-refractivity contribution in [3.63, 3.8) is 0 Å². The van der Waals surface area contributed by atoms with Crippen molar-refractivity contribution in [1.82, 2.24) is 14.8 Å². The summed E-state index contributed by atoms with van der Waals surface area (Å²) in [6, 6.07) is 4.75. The molecule has 8 heteroatoms. The maximum atomic E-state index is 13.6.